The van der Waals surface area contributed by atoms with Crippen LogP contribution in [0.2, 0.25) is 5.02 Å². The maximum atomic E-state index is 13.0. The van der Waals surface area contributed by atoms with Crippen molar-refractivity contribution in [2.45, 2.75) is 24.9 Å². The Hall–Kier alpha value is -0.920. The normalized spacial score (nSPS) is 18.0. The zero-order chi connectivity index (χ0) is 21.3. The van der Waals surface area contributed by atoms with Crippen molar-refractivity contribution in [3.63, 3.8) is 0 Å². The number of rotatable bonds is 6. The van der Waals surface area contributed by atoms with Gasteiger partial charge in [-0.15, -0.1) is 0 Å². The molecule has 0 aliphatic carbocycles. The van der Waals surface area contributed by atoms with Crippen molar-refractivity contribution in [1.82, 2.24) is 12.9 Å². The van der Waals surface area contributed by atoms with Gasteiger partial charge in [0.2, 0.25) is 10.0 Å². The molecule has 0 unspecified atom stereocenters. The summed E-state index contributed by atoms with van der Waals surface area (Å²) >= 11 is 5.54. The topological polar surface area (TPSA) is 78.0 Å². The van der Waals surface area contributed by atoms with Gasteiger partial charge in [0.25, 0.3) is 10.2 Å². The number of hydrogen-bond donors (Lipinski definition) is 0. The maximum Gasteiger partial charge on any atom is 0.417 e. The average Bonchev–Trinajstić information content (AvgIpc) is 2.61. The molecule has 0 saturated carbocycles. The molecule has 1 fully saturated rings. The Kier molecular flexibility index (Phi) is 7.04. The third-order valence-electron chi connectivity index (χ3n) is 4.44. The standard InChI is InChI=1S/C15H21ClF3N3O4S2/c1-3-20(4-2)28(25,26)22-9-7-21(8-10-22)27(23,24)12-5-6-14(16)13(11-12)15(17,18)19/h5-6,11H,3-4,7-10H2,1-2H3. The molecule has 28 heavy (non-hydrogen) atoms. The lowest BCUT2D eigenvalue weighted by Gasteiger charge is -2.35. The molecule has 1 heterocycles. The van der Waals surface area contributed by atoms with E-state index in [4.69, 9.17) is 11.6 Å². The maximum absolute atomic E-state index is 13.0. The summed E-state index contributed by atoms with van der Waals surface area (Å²) in [7, 11) is -7.93. The van der Waals surface area contributed by atoms with Crippen LogP contribution in [0.1, 0.15) is 19.4 Å². The fraction of sp³-hybridized carbons (Fsp3) is 0.600. The minimum atomic E-state index is -4.79. The number of halogens is 4. The molecule has 0 N–H and O–H groups in total. The Labute approximate surface area is 167 Å². The first-order chi connectivity index (χ1) is 12.9. The van der Waals surface area contributed by atoms with Crippen molar-refractivity contribution >= 4 is 31.8 Å². The molecule has 0 spiro atoms. The molecule has 1 saturated heterocycles. The van der Waals surface area contributed by atoms with Crippen molar-refractivity contribution < 1.29 is 30.0 Å². The molecule has 0 aromatic heterocycles. The lowest BCUT2D eigenvalue weighted by molar-refractivity contribution is -0.137. The van der Waals surface area contributed by atoms with Crippen molar-refractivity contribution in [2.24, 2.45) is 0 Å². The van der Waals surface area contributed by atoms with E-state index >= 15 is 0 Å². The van der Waals surface area contributed by atoms with Crippen LogP contribution in [0.3, 0.4) is 0 Å². The van der Waals surface area contributed by atoms with Crippen LogP contribution in [0.4, 0.5) is 13.2 Å². The van der Waals surface area contributed by atoms with Gasteiger partial charge in [-0.1, -0.05) is 25.4 Å². The largest absolute Gasteiger partial charge is 0.417 e. The van der Waals surface area contributed by atoms with Gasteiger partial charge in [-0.3, -0.25) is 0 Å². The molecule has 1 aromatic carbocycles. The third kappa shape index (κ3) is 4.62. The number of sulfonamides is 1. The second-order valence-corrected chi connectivity index (χ2v) is 10.3. The van der Waals surface area contributed by atoms with Crippen molar-refractivity contribution in [3.05, 3.63) is 28.8 Å². The smallest absolute Gasteiger partial charge is 0.207 e. The van der Waals surface area contributed by atoms with Crippen LogP contribution in [0.5, 0.6) is 0 Å². The molecule has 2 rings (SSSR count). The van der Waals surface area contributed by atoms with Crippen LogP contribution in [-0.2, 0) is 26.4 Å². The van der Waals surface area contributed by atoms with Crippen molar-refractivity contribution in [2.75, 3.05) is 39.3 Å². The number of alkyl halides is 3. The number of hydrogen-bond acceptors (Lipinski definition) is 4. The minimum Gasteiger partial charge on any atom is -0.207 e. The van der Waals surface area contributed by atoms with E-state index in [1.165, 1.54) is 8.61 Å². The van der Waals surface area contributed by atoms with Gasteiger partial charge < -0.3 is 0 Å². The van der Waals surface area contributed by atoms with E-state index < -0.39 is 41.9 Å². The van der Waals surface area contributed by atoms with Gasteiger partial charge in [-0.25, -0.2) is 8.42 Å². The van der Waals surface area contributed by atoms with Crippen molar-refractivity contribution in [1.29, 1.82) is 0 Å². The first kappa shape index (κ1) is 23.4. The molecule has 0 bridgehead atoms. The molecule has 1 aliphatic rings. The molecule has 1 aromatic rings. The molecule has 7 nitrogen and oxygen atoms in total. The van der Waals surface area contributed by atoms with Crippen LogP contribution in [-0.4, -0.2) is 69.0 Å². The molecule has 13 heteroatoms. The van der Waals surface area contributed by atoms with E-state index in [2.05, 4.69) is 0 Å². The quantitative estimate of drug-likeness (QED) is 0.648. The van der Waals surface area contributed by atoms with Crippen LogP contribution in [0.15, 0.2) is 23.1 Å². The molecule has 1 aliphatic heterocycles. The molecular weight excluding hydrogens is 443 g/mol. The molecule has 0 amide bonds. The summed E-state index contributed by atoms with van der Waals surface area (Å²) in [6.07, 6.45) is -4.79. The first-order valence-corrected chi connectivity index (χ1v) is 11.7. The number of piperazine rings is 1. The predicted molar refractivity (Wildman–Crippen MR) is 98.6 cm³/mol. The van der Waals surface area contributed by atoms with Gasteiger partial charge in [0, 0.05) is 39.3 Å². The fourth-order valence-corrected chi connectivity index (χ4v) is 6.16. The SMILES string of the molecule is CCN(CC)S(=O)(=O)N1CCN(S(=O)(=O)c2ccc(Cl)c(C(F)(F)F)c2)CC1. The van der Waals surface area contributed by atoms with E-state index in [-0.39, 0.29) is 39.3 Å². The van der Waals surface area contributed by atoms with Crippen LogP contribution < -0.4 is 0 Å². The molecule has 160 valence electrons. The van der Waals surface area contributed by atoms with Crippen LogP contribution in [0.25, 0.3) is 0 Å². The Morgan fingerprint density at radius 1 is 1.00 bits per heavy atom. The summed E-state index contributed by atoms with van der Waals surface area (Å²) in [5.41, 5.74) is -1.24. The summed E-state index contributed by atoms with van der Waals surface area (Å²) in [5, 5.41) is -0.596. The van der Waals surface area contributed by atoms with Crippen molar-refractivity contribution in [3.8, 4) is 0 Å². The molecular formula is C15H21ClF3N3O4S2. The van der Waals surface area contributed by atoms with Gasteiger partial charge in [0.1, 0.15) is 0 Å². The van der Waals surface area contributed by atoms with E-state index in [1.807, 2.05) is 0 Å². The van der Waals surface area contributed by atoms with E-state index in [1.54, 1.807) is 13.8 Å². The first-order valence-electron chi connectivity index (χ1n) is 8.47. The Morgan fingerprint density at radius 2 is 1.50 bits per heavy atom. The zero-order valence-corrected chi connectivity index (χ0v) is 17.7. The van der Waals surface area contributed by atoms with E-state index in [9.17, 15) is 30.0 Å². The number of benzene rings is 1. The van der Waals surface area contributed by atoms with Gasteiger partial charge >= 0.3 is 6.18 Å². The lowest BCUT2D eigenvalue weighted by atomic mass is 10.2. The van der Waals surface area contributed by atoms with E-state index in [0.29, 0.717) is 6.07 Å². The Bertz CT molecular complexity index is 911. The van der Waals surface area contributed by atoms with E-state index in [0.717, 1.165) is 16.4 Å². The summed E-state index contributed by atoms with van der Waals surface area (Å²) in [4.78, 5) is -0.538. The Balaban J connectivity index is 2.22. The second kappa shape index (κ2) is 8.44. The summed E-state index contributed by atoms with van der Waals surface area (Å²) in [6.45, 7) is 3.46. The van der Waals surface area contributed by atoms with Crippen LogP contribution >= 0.6 is 11.6 Å². The molecule has 0 atom stereocenters. The number of nitrogens with zero attached hydrogens (tertiary/aromatic N) is 3. The van der Waals surface area contributed by atoms with Gasteiger partial charge in [-0.2, -0.15) is 34.5 Å². The fourth-order valence-electron chi connectivity index (χ4n) is 2.89. The van der Waals surface area contributed by atoms with Crippen LogP contribution in [0, 0.1) is 0 Å². The predicted octanol–water partition coefficient (Wildman–Crippen LogP) is 2.25. The summed E-state index contributed by atoms with van der Waals surface area (Å²) in [5.74, 6) is 0. The average molecular weight is 464 g/mol. The highest BCUT2D eigenvalue weighted by Gasteiger charge is 2.38. The summed E-state index contributed by atoms with van der Waals surface area (Å²) < 4.78 is 92.9. The lowest BCUT2D eigenvalue weighted by Crippen LogP contribution is -2.54. The van der Waals surface area contributed by atoms with Gasteiger partial charge in [-0.05, 0) is 18.2 Å². The molecule has 0 radical (unpaired) electrons. The minimum absolute atomic E-state index is 0.0855. The monoisotopic (exact) mass is 463 g/mol. The zero-order valence-electron chi connectivity index (χ0n) is 15.3. The highest BCUT2D eigenvalue weighted by molar-refractivity contribution is 7.89. The summed E-state index contributed by atoms with van der Waals surface area (Å²) in [6, 6.07) is 2.39. The third-order valence-corrected chi connectivity index (χ3v) is 8.85. The Morgan fingerprint density at radius 3 is 1.96 bits per heavy atom. The van der Waals surface area contributed by atoms with Gasteiger partial charge in [0.05, 0.1) is 15.5 Å². The highest BCUT2D eigenvalue weighted by Crippen LogP contribution is 2.36. The second-order valence-electron chi connectivity index (χ2n) is 6.03. The highest BCUT2D eigenvalue weighted by atomic mass is 35.5. The van der Waals surface area contributed by atoms with Gasteiger partial charge in [0.15, 0.2) is 0 Å².